The van der Waals surface area contributed by atoms with Gasteiger partial charge in [-0.2, -0.15) is 0 Å². The van der Waals surface area contributed by atoms with Gasteiger partial charge in [-0.05, 0) is 99.8 Å². The molecular weight excluding hydrogens is 428 g/mol. The number of rotatable bonds is 0. The molecule has 9 rings (SSSR count). The van der Waals surface area contributed by atoms with Crippen molar-refractivity contribution in [3.05, 3.63) is 108 Å². The molecule has 0 amide bonds. The van der Waals surface area contributed by atoms with Crippen LogP contribution < -0.4 is 0 Å². The molecule has 0 aliphatic heterocycles. The lowest BCUT2D eigenvalue weighted by molar-refractivity contribution is 1.24. The van der Waals surface area contributed by atoms with Gasteiger partial charge in [0.1, 0.15) is 5.65 Å². The first-order valence-electron chi connectivity index (χ1n) is 12.0. The molecule has 0 N–H and O–H groups in total. The second-order valence-electron chi connectivity index (χ2n) is 9.74. The summed E-state index contributed by atoms with van der Waals surface area (Å²) < 4.78 is 2.22. The summed E-state index contributed by atoms with van der Waals surface area (Å²) in [7, 11) is 0. The van der Waals surface area contributed by atoms with Gasteiger partial charge < -0.3 is 0 Å². The quantitative estimate of drug-likeness (QED) is 0.243. The number of aromatic nitrogens is 4. The summed E-state index contributed by atoms with van der Waals surface area (Å²) >= 11 is 0. The van der Waals surface area contributed by atoms with E-state index in [2.05, 4.69) is 64.0 Å². The zero-order valence-corrected chi connectivity index (χ0v) is 18.8. The van der Waals surface area contributed by atoms with E-state index in [1.807, 2.05) is 30.7 Å². The summed E-state index contributed by atoms with van der Waals surface area (Å²) in [6, 6.07) is 24.5. The van der Waals surface area contributed by atoms with E-state index in [0.29, 0.717) is 0 Å². The van der Waals surface area contributed by atoms with Gasteiger partial charge in [0.2, 0.25) is 0 Å². The molecule has 4 heteroatoms. The van der Waals surface area contributed by atoms with Gasteiger partial charge in [0, 0.05) is 23.2 Å². The molecule has 0 atom stereocenters. The van der Waals surface area contributed by atoms with Gasteiger partial charge >= 0.3 is 0 Å². The maximum absolute atomic E-state index is 5.04. The molecule has 0 saturated heterocycles. The summed E-state index contributed by atoms with van der Waals surface area (Å²) in [6.45, 7) is 0. The topological polar surface area (TPSA) is 43.1 Å². The van der Waals surface area contributed by atoms with Crippen LogP contribution in [0.3, 0.4) is 0 Å². The van der Waals surface area contributed by atoms with Gasteiger partial charge in [0.05, 0.1) is 28.3 Å². The van der Waals surface area contributed by atoms with Crippen LogP contribution in [0.1, 0.15) is 22.3 Å². The third kappa shape index (κ3) is 2.20. The van der Waals surface area contributed by atoms with Crippen molar-refractivity contribution in [2.45, 2.75) is 12.8 Å². The fourth-order valence-electron chi connectivity index (χ4n) is 6.39. The lowest BCUT2D eigenvalue weighted by atomic mass is 9.97. The molecule has 0 spiro atoms. The predicted molar refractivity (Wildman–Crippen MR) is 140 cm³/mol. The molecule has 162 valence electrons. The van der Waals surface area contributed by atoms with E-state index in [4.69, 9.17) is 9.97 Å². The molecule has 2 aliphatic carbocycles. The first-order chi connectivity index (χ1) is 17.3. The standard InChI is InChI=1S/C31H18N4/c1-2-5-21-17(4-1)10-18-13-23-19(12-22(18)21)11-20-14-26-25(15-24(20)23)30-28(6-3-8-33-30)35-29-16-32-9-7-27(29)34-31(26)35/h1-9,12-16H,10-11H2. The SMILES string of the molecule is c1ccc2c(c1)Cc1cc3c(cc1-2)Cc1cc2c(cc1-3)c1ncccc1n1c3cnccc3nc21. The molecule has 4 heterocycles. The Bertz CT molecular complexity index is 2070. The monoisotopic (exact) mass is 446 g/mol. The number of fused-ring (bicyclic) bond motifs is 14. The summed E-state index contributed by atoms with van der Waals surface area (Å²) in [4.78, 5) is 14.3. The van der Waals surface area contributed by atoms with Crippen molar-refractivity contribution in [3.8, 4) is 22.3 Å². The number of nitrogens with zero attached hydrogens (tertiary/aromatic N) is 4. The predicted octanol–water partition coefficient (Wildman–Crippen LogP) is 6.73. The van der Waals surface area contributed by atoms with Crippen LogP contribution in [0.2, 0.25) is 0 Å². The molecule has 0 unspecified atom stereocenters. The van der Waals surface area contributed by atoms with Crippen LogP contribution in [0.5, 0.6) is 0 Å². The molecular formula is C31H18N4. The number of pyridine rings is 3. The van der Waals surface area contributed by atoms with Crippen LogP contribution in [0, 0.1) is 0 Å². The first kappa shape index (κ1) is 17.8. The lowest BCUT2D eigenvalue weighted by Gasteiger charge is -2.11. The van der Waals surface area contributed by atoms with Gasteiger partial charge in [-0.25, -0.2) is 4.98 Å². The molecule has 0 bridgehead atoms. The smallest absolute Gasteiger partial charge is 0.146 e. The fourth-order valence-corrected chi connectivity index (χ4v) is 6.39. The van der Waals surface area contributed by atoms with Gasteiger partial charge in [0.15, 0.2) is 0 Å². The normalized spacial score (nSPS) is 13.5. The molecule has 35 heavy (non-hydrogen) atoms. The Morgan fingerprint density at radius 2 is 1.43 bits per heavy atom. The van der Waals surface area contributed by atoms with Crippen molar-refractivity contribution in [2.75, 3.05) is 0 Å². The largest absolute Gasteiger partial charge is 0.289 e. The van der Waals surface area contributed by atoms with E-state index in [1.165, 1.54) is 44.5 Å². The summed E-state index contributed by atoms with van der Waals surface area (Å²) in [5.74, 6) is 0. The molecule has 7 aromatic rings. The van der Waals surface area contributed by atoms with Gasteiger partial charge in [0.25, 0.3) is 0 Å². The van der Waals surface area contributed by atoms with E-state index in [1.54, 1.807) is 0 Å². The van der Waals surface area contributed by atoms with Crippen LogP contribution in [0.4, 0.5) is 0 Å². The fraction of sp³-hybridized carbons (Fsp3) is 0.0645. The Kier molecular flexibility index (Phi) is 3.11. The van der Waals surface area contributed by atoms with Crippen LogP contribution in [0.15, 0.2) is 85.3 Å². The molecule has 2 aliphatic rings. The van der Waals surface area contributed by atoms with Crippen molar-refractivity contribution in [1.29, 1.82) is 0 Å². The highest BCUT2D eigenvalue weighted by Crippen LogP contribution is 2.46. The Labute approximate surface area is 200 Å². The van der Waals surface area contributed by atoms with E-state index in [0.717, 1.165) is 51.3 Å². The number of hydrogen-bond donors (Lipinski definition) is 0. The van der Waals surface area contributed by atoms with Crippen LogP contribution in [0.25, 0.3) is 60.7 Å². The number of benzene rings is 3. The highest BCUT2D eigenvalue weighted by molar-refractivity contribution is 6.14. The van der Waals surface area contributed by atoms with Crippen molar-refractivity contribution in [3.63, 3.8) is 0 Å². The summed E-state index contributed by atoms with van der Waals surface area (Å²) in [5, 5.41) is 2.31. The number of hydrogen-bond acceptors (Lipinski definition) is 3. The molecule has 4 nitrogen and oxygen atoms in total. The minimum Gasteiger partial charge on any atom is -0.289 e. The third-order valence-corrected chi connectivity index (χ3v) is 7.91. The summed E-state index contributed by atoms with van der Waals surface area (Å²) in [6.07, 6.45) is 7.56. The third-order valence-electron chi connectivity index (χ3n) is 7.91. The van der Waals surface area contributed by atoms with Crippen LogP contribution >= 0.6 is 0 Å². The van der Waals surface area contributed by atoms with E-state index < -0.39 is 0 Å². The zero-order valence-electron chi connectivity index (χ0n) is 18.8. The Morgan fingerprint density at radius 3 is 2.37 bits per heavy atom. The average molecular weight is 447 g/mol. The molecule has 4 aromatic heterocycles. The maximum Gasteiger partial charge on any atom is 0.146 e. The van der Waals surface area contributed by atoms with Gasteiger partial charge in [-0.1, -0.05) is 24.3 Å². The van der Waals surface area contributed by atoms with Crippen molar-refractivity contribution < 1.29 is 0 Å². The van der Waals surface area contributed by atoms with Crippen molar-refractivity contribution >= 4 is 38.5 Å². The Morgan fingerprint density at radius 1 is 0.629 bits per heavy atom. The van der Waals surface area contributed by atoms with Gasteiger partial charge in [-0.3, -0.25) is 14.4 Å². The van der Waals surface area contributed by atoms with Crippen LogP contribution in [-0.4, -0.2) is 19.4 Å². The highest BCUT2D eigenvalue weighted by Gasteiger charge is 2.26. The van der Waals surface area contributed by atoms with E-state index >= 15 is 0 Å². The molecule has 0 radical (unpaired) electrons. The minimum absolute atomic E-state index is 0.949. The van der Waals surface area contributed by atoms with E-state index in [9.17, 15) is 0 Å². The summed E-state index contributed by atoms with van der Waals surface area (Å²) in [5.41, 5.74) is 16.2. The molecule has 0 fully saturated rings. The average Bonchev–Trinajstić information content (AvgIpc) is 3.57. The maximum atomic E-state index is 5.04. The van der Waals surface area contributed by atoms with E-state index in [-0.39, 0.29) is 0 Å². The first-order valence-corrected chi connectivity index (χ1v) is 12.0. The second kappa shape index (κ2) is 6.10. The Hall–Kier alpha value is -4.57. The van der Waals surface area contributed by atoms with Crippen LogP contribution in [-0.2, 0) is 12.8 Å². The van der Waals surface area contributed by atoms with Crippen molar-refractivity contribution in [2.24, 2.45) is 0 Å². The number of imidazole rings is 1. The Balaban J connectivity index is 1.37. The molecule has 3 aromatic carbocycles. The molecule has 0 saturated carbocycles. The van der Waals surface area contributed by atoms with Gasteiger partial charge in [-0.15, -0.1) is 0 Å². The van der Waals surface area contributed by atoms with Crippen molar-refractivity contribution in [1.82, 2.24) is 19.4 Å². The minimum atomic E-state index is 0.949. The zero-order chi connectivity index (χ0) is 22.7. The highest BCUT2D eigenvalue weighted by atomic mass is 15.0. The lowest BCUT2D eigenvalue weighted by Crippen LogP contribution is -1.94. The second-order valence-corrected chi connectivity index (χ2v) is 9.74.